The van der Waals surface area contributed by atoms with Crippen LogP contribution in [0.4, 0.5) is 0 Å². The lowest BCUT2D eigenvalue weighted by atomic mass is 9.92. The summed E-state index contributed by atoms with van der Waals surface area (Å²) < 4.78 is 6.02. The number of aromatic nitrogens is 5. The quantitative estimate of drug-likeness (QED) is 0.176. The molecule has 12 rings (SSSR count). The predicted molar refractivity (Wildman–Crippen MR) is 236 cm³/mol. The fraction of sp³-hybridized carbons (Fsp3) is 0.0392. The molecule has 4 aromatic heterocycles. The van der Waals surface area contributed by atoms with Gasteiger partial charge in [0.05, 0.1) is 16.6 Å². The van der Waals surface area contributed by atoms with Gasteiger partial charge in [0.15, 0.2) is 11.6 Å². The van der Waals surface area contributed by atoms with Gasteiger partial charge in [0.2, 0.25) is 5.95 Å². The zero-order valence-electron chi connectivity index (χ0n) is 30.8. The highest BCUT2D eigenvalue weighted by Gasteiger charge is 2.30. The molecule has 0 bridgehead atoms. The van der Waals surface area contributed by atoms with Gasteiger partial charge in [0.25, 0.3) is 0 Å². The van der Waals surface area contributed by atoms with Crippen molar-refractivity contribution in [3.8, 4) is 56.0 Å². The zero-order valence-corrected chi connectivity index (χ0v) is 31.6. The van der Waals surface area contributed by atoms with E-state index in [0.717, 1.165) is 35.2 Å². The molecule has 0 unspecified atom stereocenters. The van der Waals surface area contributed by atoms with Gasteiger partial charge in [-0.05, 0) is 83.4 Å². The van der Waals surface area contributed by atoms with Gasteiger partial charge in [-0.25, -0.2) is 4.98 Å². The molecular weight excluding hydrogens is 715 g/mol. The summed E-state index contributed by atoms with van der Waals surface area (Å²) in [7, 11) is 0. The summed E-state index contributed by atoms with van der Waals surface area (Å²) in [6, 6.07) is 62.6. The molecule has 0 atom stereocenters. The molecule has 0 spiro atoms. The minimum Gasteiger partial charge on any atom is -0.309 e. The van der Waals surface area contributed by atoms with Gasteiger partial charge in [0.1, 0.15) is 0 Å². The first kappa shape index (κ1) is 32.1. The minimum absolute atomic E-state index is 0.640. The van der Waals surface area contributed by atoms with E-state index in [1.807, 2.05) is 47.7 Å². The Bertz CT molecular complexity index is 3280. The molecule has 0 fully saturated rings. The number of hydrogen-bond acceptors (Lipinski definition) is 4. The SMILES string of the molecule is c1ccc(-c2nc(-c3ccccc3)nc(-n3c4c(c5cc(-c6ccc7c(c6)c6ccccc6n7-c6ccccc6)ccc53)-c3sc5ccccc5c3CC4)n2)cc1. The molecule has 0 N–H and O–H groups in total. The van der Waals surface area contributed by atoms with E-state index in [-0.39, 0.29) is 0 Å². The largest absolute Gasteiger partial charge is 0.309 e. The normalized spacial score (nSPS) is 12.4. The third-order valence-corrected chi connectivity index (χ3v) is 12.7. The van der Waals surface area contributed by atoms with Crippen LogP contribution in [-0.2, 0) is 12.8 Å². The van der Waals surface area contributed by atoms with E-state index in [9.17, 15) is 0 Å². The Morgan fingerprint density at radius 1 is 0.421 bits per heavy atom. The van der Waals surface area contributed by atoms with Crippen molar-refractivity contribution in [2.24, 2.45) is 0 Å². The summed E-state index contributed by atoms with van der Waals surface area (Å²) in [6.45, 7) is 0. The van der Waals surface area contributed by atoms with Crippen molar-refractivity contribution >= 4 is 54.1 Å². The van der Waals surface area contributed by atoms with Crippen molar-refractivity contribution in [1.82, 2.24) is 24.1 Å². The average Bonchev–Trinajstić information content (AvgIpc) is 3.94. The van der Waals surface area contributed by atoms with Crippen LogP contribution in [0.25, 0.3) is 98.8 Å². The highest BCUT2D eigenvalue weighted by atomic mass is 32.1. The maximum Gasteiger partial charge on any atom is 0.238 e. The van der Waals surface area contributed by atoms with Crippen molar-refractivity contribution in [2.75, 3.05) is 0 Å². The third-order valence-electron chi connectivity index (χ3n) is 11.5. The molecule has 1 aliphatic carbocycles. The molecule has 11 aromatic rings. The number of rotatable bonds is 5. The maximum atomic E-state index is 5.24. The van der Waals surface area contributed by atoms with Crippen LogP contribution in [0.1, 0.15) is 11.3 Å². The Morgan fingerprint density at radius 2 is 0.982 bits per heavy atom. The van der Waals surface area contributed by atoms with Crippen LogP contribution in [0, 0.1) is 0 Å². The first-order valence-electron chi connectivity index (χ1n) is 19.4. The van der Waals surface area contributed by atoms with Crippen LogP contribution < -0.4 is 0 Å². The molecule has 7 aromatic carbocycles. The van der Waals surface area contributed by atoms with Gasteiger partial charge in [-0.2, -0.15) is 9.97 Å². The van der Waals surface area contributed by atoms with E-state index >= 15 is 0 Å². The average molecular weight is 748 g/mol. The lowest BCUT2D eigenvalue weighted by Crippen LogP contribution is -2.11. The van der Waals surface area contributed by atoms with E-state index in [0.29, 0.717) is 17.6 Å². The molecule has 6 heteroatoms. The smallest absolute Gasteiger partial charge is 0.238 e. The number of aryl methyl sites for hydroxylation is 1. The fourth-order valence-electron chi connectivity index (χ4n) is 8.94. The van der Waals surface area contributed by atoms with Gasteiger partial charge in [0, 0.05) is 53.8 Å². The van der Waals surface area contributed by atoms with E-state index < -0.39 is 0 Å². The second-order valence-electron chi connectivity index (χ2n) is 14.7. The first-order valence-corrected chi connectivity index (χ1v) is 20.2. The summed E-state index contributed by atoms with van der Waals surface area (Å²) in [5, 5.41) is 5.06. The van der Waals surface area contributed by atoms with Crippen LogP contribution in [0.3, 0.4) is 0 Å². The van der Waals surface area contributed by atoms with Crippen LogP contribution in [0.2, 0.25) is 0 Å². The van der Waals surface area contributed by atoms with E-state index in [4.69, 9.17) is 15.0 Å². The summed E-state index contributed by atoms with van der Waals surface area (Å²) >= 11 is 1.90. The molecule has 0 aliphatic heterocycles. The van der Waals surface area contributed by atoms with Crippen molar-refractivity contribution in [3.63, 3.8) is 0 Å². The number of benzene rings is 7. The van der Waals surface area contributed by atoms with Gasteiger partial charge < -0.3 is 4.57 Å². The Labute approximate surface area is 332 Å². The van der Waals surface area contributed by atoms with E-state index in [1.165, 1.54) is 70.1 Å². The van der Waals surface area contributed by atoms with E-state index in [1.54, 1.807) is 0 Å². The second kappa shape index (κ2) is 12.7. The monoisotopic (exact) mass is 747 g/mol. The third kappa shape index (κ3) is 5.04. The van der Waals surface area contributed by atoms with Crippen molar-refractivity contribution in [3.05, 3.63) is 187 Å². The number of fused-ring (bicyclic) bond motifs is 10. The summed E-state index contributed by atoms with van der Waals surface area (Å²) in [6.07, 6.45) is 1.84. The molecule has 268 valence electrons. The van der Waals surface area contributed by atoms with Crippen molar-refractivity contribution < 1.29 is 0 Å². The fourth-order valence-corrected chi connectivity index (χ4v) is 10.3. The molecule has 57 heavy (non-hydrogen) atoms. The molecule has 4 heterocycles. The Morgan fingerprint density at radius 3 is 1.68 bits per heavy atom. The molecule has 1 aliphatic rings. The molecule has 0 saturated heterocycles. The molecule has 0 radical (unpaired) electrons. The number of para-hydroxylation sites is 2. The maximum absolute atomic E-state index is 5.24. The second-order valence-corrected chi connectivity index (χ2v) is 15.8. The summed E-state index contributed by atoms with van der Waals surface area (Å²) in [5.41, 5.74) is 12.9. The van der Waals surface area contributed by atoms with Crippen LogP contribution in [0.5, 0.6) is 0 Å². The number of nitrogens with zero attached hydrogens (tertiary/aromatic N) is 5. The Hall–Kier alpha value is -7.15. The minimum atomic E-state index is 0.640. The van der Waals surface area contributed by atoms with Crippen molar-refractivity contribution in [2.45, 2.75) is 12.8 Å². The van der Waals surface area contributed by atoms with Crippen molar-refractivity contribution in [1.29, 1.82) is 0 Å². The zero-order chi connectivity index (χ0) is 37.5. The summed E-state index contributed by atoms with van der Waals surface area (Å²) in [5.74, 6) is 1.96. The lowest BCUT2D eigenvalue weighted by molar-refractivity contribution is 0.831. The van der Waals surface area contributed by atoms with Crippen LogP contribution in [0.15, 0.2) is 176 Å². The molecule has 0 amide bonds. The Kier molecular flexibility index (Phi) is 7.16. The Balaban J connectivity index is 1.11. The highest BCUT2D eigenvalue weighted by molar-refractivity contribution is 7.22. The predicted octanol–water partition coefficient (Wildman–Crippen LogP) is 12.9. The lowest BCUT2D eigenvalue weighted by Gasteiger charge is -2.17. The number of hydrogen-bond donors (Lipinski definition) is 0. The molecule has 0 saturated carbocycles. The molecular formula is C51H33N5S. The standard InChI is InChI=1S/C51H33N5S/c1-4-14-32(15-5-1)49-52-50(33-16-6-2-7-17-33)54-51(53-49)56-44-28-25-35(31-41(44)47-45(56)29-26-39-38-21-11-13-23-46(38)57-48(39)47)34-24-27-43-40(30-34)37-20-10-12-22-42(37)55(43)36-18-8-3-9-19-36/h1-25,27-28,30-31H,26,29H2. The van der Waals surface area contributed by atoms with Crippen LogP contribution in [-0.4, -0.2) is 24.1 Å². The van der Waals surface area contributed by atoms with Gasteiger partial charge in [-0.3, -0.25) is 4.57 Å². The van der Waals surface area contributed by atoms with Gasteiger partial charge in [-0.1, -0.05) is 127 Å². The summed E-state index contributed by atoms with van der Waals surface area (Å²) in [4.78, 5) is 16.9. The van der Waals surface area contributed by atoms with Crippen LogP contribution >= 0.6 is 11.3 Å². The first-order chi connectivity index (χ1) is 28.3. The van der Waals surface area contributed by atoms with Gasteiger partial charge >= 0.3 is 0 Å². The van der Waals surface area contributed by atoms with Gasteiger partial charge in [-0.15, -0.1) is 11.3 Å². The topological polar surface area (TPSA) is 48.5 Å². The highest BCUT2D eigenvalue weighted by Crippen LogP contribution is 2.49. The number of thiophene rings is 1. The molecule has 5 nitrogen and oxygen atoms in total. The van der Waals surface area contributed by atoms with E-state index in [2.05, 4.69) is 149 Å².